The van der Waals surface area contributed by atoms with Crippen LogP contribution in [0.2, 0.25) is 0 Å². The SMILES string of the molecule is C[C@@H]1C[C@H]1C(=O)N1CCN(c2ccccn2)CC1. The number of nitrogens with zero attached hydrogens (tertiary/aromatic N) is 3. The lowest BCUT2D eigenvalue weighted by Crippen LogP contribution is -2.49. The summed E-state index contributed by atoms with van der Waals surface area (Å²) in [5.74, 6) is 2.30. The maximum Gasteiger partial charge on any atom is 0.226 e. The van der Waals surface area contributed by atoms with E-state index in [1.807, 2.05) is 29.3 Å². The van der Waals surface area contributed by atoms with Crippen molar-refractivity contribution in [3.63, 3.8) is 0 Å². The number of carbonyl (C=O) groups is 1. The second-order valence-corrected chi connectivity index (χ2v) is 5.32. The van der Waals surface area contributed by atoms with Crippen LogP contribution in [0, 0.1) is 11.8 Å². The number of pyridine rings is 1. The monoisotopic (exact) mass is 245 g/mol. The summed E-state index contributed by atoms with van der Waals surface area (Å²) in [5.41, 5.74) is 0. The molecule has 2 heterocycles. The Bertz CT molecular complexity index is 426. The lowest BCUT2D eigenvalue weighted by molar-refractivity contribution is -0.133. The average molecular weight is 245 g/mol. The van der Waals surface area contributed by atoms with Crippen LogP contribution < -0.4 is 4.90 Å². The molecule has 1 aliphatic heterocycles. The van der Waals surface area contributed by atoms with E-state index in [1.54, 1.807) is 0 Å². The van der Waals surface area contributed by atoms with Gasteiger partial charge in [-0.05, 0) is 24.5 Å². The van der Waals surface area contributed by atoms with Crippen LogP contribution in [0.5, 0.6) is 0 Å². The van der Waals surface area contributed by atoms with Gasteiger partial charge in [0.05, 0.1) is 0 Å². The Morgan fingerprint density at radius 3 is 2.56 bits per heavy atom. The van der Waals surface area contributed by atoms with Gasteiger partial charge in [-0.3, -0.25) is 4.79 Å². The molecule has 0 spiro atoms. The molecule has 4 heteroatoms. The topological polar surface area (TPSA) is 36.4 Å². The molecule has 1 aromatic heterocycles. The Kier molecular flexibility index (Phi) is 2.94. The fourth-order valence-electron chi connectivity index (χ4n) is 2.60. The zero-order chi connectivity index (χ0) is 12.5. The van der Waals surface area contributed by atoms with Gasteiger partial charge >= 0.3 is 0 Å². The molecular weight excluding hydrogens is 226 g/mol. The summed E-state index contributed by atoms with van der Waals surface area (Å²) in [7, 11) is 0. The Morgan fingerprint density at radius 1 is 1.28 bits per heavy atom. The van der Waals surface area contributed by atoms with Crippen molar-refractivity contribution in [2.45, 2.75) is 13.3 Å². The molecule has 2 fully saturated rings. The highest BCUT2D eigenvalue weighted by Crippen LogP contribution is 2.39. The van der Waals surface area contributed by atoms with E-state index in [4.69, 9.17) is 0 Å². The van der Waals surface area contributed by atoms with Crippen molar-refractivity contribution >= 4 is 11.7 Å². The zero-order valence-corrected chi connectivity index (χ0v) is 10.7. The number of anilines is 1. The van der Waals surface area contributed by atoms with E-state index in [0.717, 1.165) is 38.4 Å². The number of piperazine rings is 1. The molecule has 2 atom stereocenters. The minimum atomic E-state index is 0.311. The number of hydrogen-bond acceptors (Lipinski definition) is 3. The molecule has 18 heavy (non-hydrogen) atoms. The van der Waals surface area contributed by atoms with Gasteiger partial charge in [0.25, 0.3) is 0 Å². The molecule has 1 aliphatic carbocycles. The summed E-state index contributed by atoms with van der Waals surface area (Å²) in [4.78, 5) is 20.7. The first-order valence-electron chi connectivity index (χ1n) is 6.70. The minimum absolute atomic E-state index is 0.311. The fraction of sp³-hybridized carbons (Fsp3) is 0.571. The lowest BCUT2D eigenvalue weighted by atomic mass is 10.2. The van der Waals surface area contributed by atoms with Gasteiger partial charge in [-0.2, -0.15) is 0 Å². The third-order valence-corrected chi connectivity index (χ3v) is 3.99. The van der Waals surface area contributed by atoms with Gasteiger partial charge in [0.2, 0.25) is 5.91 Å². The van der Waals surface area contributed by atoms with Gasteiger partial charge < -0.3 is 9.80 Å². The Balaban J connectivity index is 1.57. The number of amides is 1. The van der Waals surface area contributed by atoms with Crippen molar-refractivity contribution in [2.24, 2.45) is 11.8 Å². The summed E-state index contributed by atoms with van der Waals surface area (Å²) < 4.78 is 0. The fourth-order valence-corrected chi connectivity index (χ4v) is 2.60. The third-order valence-electron chi connectivity index (χ3n) is 3.99. The molecule has 1 aromatic rings. The number of rotatable bonds is 2. The second-order valence-electron chi connectivity index (χ2n) is 5.32. The van der Waals surface area contributed by atoms with Crippen LogP contribution >= 0.6 is 0 Å². The van der Waals surface area contributed by atoms with Crippen molar-refractivity contribution in [3.8, 4) is 0 Å². The smallest absolute Gasteiger partial charge is 0.226 e. The molecule has 0 aromatic carbocycles. The van der Waals surface area contributed by atoms with Crippen molar-refractivity contribution in [2.75, 3.05) is 31.1 Å². The van der Waals surface area contributed by atoms with Gasteiger partial charge in [0.15, 0.2) is 0 Å². The highest BCUT2D eigenvalue weighted by molar-refractivity contribution is 5.81. The van der Waals surface area contributed by atoms with Crippen LogP contribution in [-0.2, 0) is 4.79 Å². The number of aromatic nitrogens is 1. The zero-order valence-electron chi connectivity index (χ0n) is 10.7. The molecule has 0 N–H and O–H groups in total. The summed E-state index contributed by atoms with van der Waals surface area (Å²) in [5, 5.41) is 0. The van der Waals surface area contributed by atoms with Crippen LogP contribution in [-0.4, -0.2) is 42.0 Å². The van der Waals surface area contributed by atoms with E-state index in [9.17, 15) is 4.79 Å². The number of carbonyl (C=O) groups excluding carboxylic acids is 1. The molecule has 1 amide bonds. The third kappa shape index (κ3) is 2.19. The van der Waals surface area contributed by atoms with Gasteiger partial charge in [0.1, 0.15) is 5.82 Å². The highest BCUT2D eigenvalue weighted by atomic mass is 16.2. The maximum atomic E-state index is 12.1. The normalized spacial score (nSPS) is 27.2. The molecule has 1 saturated carbocycles. The number of hydrogen-bond donors (Lipinski definition) is 0. The van der Waals surface area contributed by atoms with Crippen molar-refractivity contribution in [1.29, 1.82) is 0 Å². The lowest BCUT2D eigenvalue weighted by Gasteiger charge is -2.35. The summed E-state index contributed by atoms with van der Waals surface area (Å²) in [6.07, 6.45) is 2.90. The van der Waals surface area contributed by atoms with Crippen LogP contribution in [0.15, 0.2) is 24.4 Å². The summed E-state index contributed by atoms with van der Waals surface area (Å²) >= 11 is 0. The predicted molar refractivity (Wildman–Crippen MR) is 70.3 cm³/mol. The molecule has 4 nitrogen and oxygen atoms in total. The first-order chi connectivity index (χ1) is 8.75. The summed E-state index contributed by atoms with van der Waals surface area (Å²) in [6, 6.07) is 5.96. The van der Waals surface area contributed by atoms with Gasteiger partial charge in [0, 0.05) is 38.3 Å². The van der Waals surface area contributed by atoms with Crippen LogP contribution in [0.3, 0.4) is 0 Å². The van der Waals surface area contributed by atoms with E-state index in [0.29, 0.717) is 17.7 Å². The van der Waals surface area contributed by atoms with Gasteiger partial charge in [-0.1, -0.05) is 13.0 Å². The molecule has 0 bridgehead atoms. The van der Waals surface area contributed by atoms with Crippen molar-refractivity contribution < 1.29 is 4.79 Å². The van der Waals surface area contributed by atoms with E-state index in [1.165, 1.54) is 0 Å². The quantitative estimate of drug-likeness (QED) is 0.790. The van der Waals surface area contributed by atoms with Crippen LogP contribution in [0.4, 0.5) is 5.82 Å². The van der Waals surface area contributed by atoms with Crippen molar-refractivity contribution in [3.05, 3.63) is 24.4 Å². The maximum absolute atomic E-state index is 12.1. The molecule has 2 aliphatic rings. The molecular formula is C14H19N3O. The standard InChI is InChI=1S/C14H19N3O/c1-11-10-12(11)14(18)17-8-6-16(7-9-17)13-4-2-3-5-15-13/h2-5,11-12H,6-10H2,1H3/t11-,12-/m1/s1. The molecule has 3 rings (SSSR count). The average Bonchev–Trinajstić information content (AvgIpc) is 3.16. The Hall–Kier alpha value is -1.58. The van der Waals surface area contributed by atoms with Crippen LogP contribution in [0.1, 0.15) is 13.3 Å². The van der Waals surface area contributed by atoms with E-state index in [2.05, 4.69) is 16.8 Å². The first-order valence-corrected chi connectivity index (χ1v) is 6.70. The van der Waals surface area contributed by atoms with E-state index in [-0.39, 0.29) is 0 Å². The molecule has 0 radical (unpaired) electrons. The van der Waals surface area contributed by atoms with E-state index >= 15 is 0 Å². The molecule has 0 unspecified atom stereocenters. The van der Waals surface area contributed by atoms with Gasteiger partial charge in [-0.25, -0.2) is 4.98 Å². The second kappa shape index (κ2) is 4.59. The largest absolute Gasteiger partial charge is 0.353 e. The van der Waals surface area contributed by atoms with Crippen LogP contribution in [0.25, 0.3) is 0 Å². The molecule has 96 valence electrons. The van der Waals surface area contributed by atoms with Gasteiger partial charge in [-0.15, -0.1) is 0 Å². The first kappa shape index (κ1) is 11.5. The van der Waals surface area contributed by atoms with Crippen molar-refractivity contribution in [1.82, 2.24) is 9.88 Å². The highest BCUT2D eigenvalue weighted by Gasteiger charge is 2.41. The predicted octanol–water partition coefficient (Wildman–Crippen LogP) is 1.39. The minimum Gasteiger partial charge on any atom is -0.353 e. The molecule has 1 saturated heterocycles. The Morgan fingerprint density at radius 2 is 2.00 bits per heavy atom. The Labute approximate surface area is 108 Å². The van der Waals surface area contributed by atoms with E-state index < -0.39 is 0 Å². The summed E-state index contributed by atoms with van der Waals surface area (Å²) in [6.45, 7) is 5.61.